The molecule has 0 spiro atoms. The van der Waals surface area contributed by atoms with E-state index in [0.717, 1.165) is 56.1 Å². The zero-order valence-corrected chi connectivity index (χ0v) is 12.2. The first-order valence-corrected chi connectivity index (χ1v) is 7.32. The van der Waals surface area contributed by atoms with Crippen molar-refractivity contribution in [1.82, 2.24) is 4.90 Å². The van der Waals surface area contributed by atoms with Crippen molar-refractivity contribution in [2.45, 2.75) is 12.8 Å². The van der Waals surface area contributed by atoms with Crippen LogP contribution in [-0.4, -0.2) is 44.4 Å². The van der Waals surface area contributed by atoms with Crippen LogP contribution in [0.1, 0.15) is 12.8 Å². The second kappa shape index (κ2) is 7.77. The molecule has 100 valence electrons. The van der Waals surface area contributed by atoms with Crippen LogP contribution >= 0.6 is 15.9 Å². The summed E-state index contributed by atoms with van der Waals surface area (Å²) in [5.74, 6) is 0.941. The first kappa shape index (κ1) is 13.8. The van der Waals surface area contributed by atoms with Crippen LogP contribution in [0.5, 0.6) is 5.75 Å². The van der Waals surface area contributed by atoms with Gasteiger partial charge in [-0.1, -0.05) is 22.0 Å². The molecule has 1 fully saturated rings. The maximum Gasteiger partial charge on any atom is 0.120 e. The van der Waals surface area contributed by atoms with Gasteiger partial charge in [-0.05, 0) is 37.6 Å². The van der Waals surface area contributed by atoms with Gasteiger partial charge in [-0.3, -0.25) is 4.90 Å². The van der Waals surface area contributed by atoms with Gasteiger partial charge >= 0.3 is 0 Å². The highest BCUT2D eigenvalue weighted by Gasteiger charge is 2.08. The average molecular weight is 314 g/mol. The smallest absolute Gasteiger partial charge is 0.120 e. The van der Waals surface area contributed by atoms with Crippen LogP contribution in [0.4, 0.5) is 0 Å². The van der Waals surface area contributed by atoms with Crippen molar-refractivity contribution in [2.24, 2.45) is 0 Å². The predicted octanol–water partition coefficient (Wildman–Crippen LogP) is 2.94. The highest BCUT2D eigenvalue weighted by Crippen LogP contribution is 2.17. The first-order chi connectivity index (χ1) is 8.84. The highest BCUT2D eigenvalue weighted by atomic mass is 79.9. The quantitative estimate of drug-likeness (QED) is 0.754. The van der Waals surface area contributed by atoms with E-state index in [0.29, 0.717) is 0 Å². The monoisotopic (exact) mass is 313 g/mol. The summed E-state index contributed by atoms with van der Waals surface area (Å²) in [6.07, 6.45) is 2.29. The van der Waals surface area contributed by atoms with Crippen LogP contribution in [0.25, 0.3) is 0 Å². The molecule has 0 atom stereocenters. The molecule has 0 bridgehead atoms. The zero-order valence-electron chi connectivity index (χ0n) is 10.6. The Labute approximate surface area is 117 Å². The van der Waals surface area contributed by atoms with E-state index >= 15 is 0 Å². The second-order valence-corrected chi connectivity index (χ2v) is 5.38. The number of rotatable bonds is 6. The first-order valence-electron chi connectivity index (χ1n) is 6.53. The molecule has 0 N–H and O–H groups in total. The second-order valence-electron chi connectivity index (χ2n) is 4.47. The van der Waals surface area contributed by atoms with Crippen LogP contribution in [-0.2, 0) is 4.74 Å². The Morgan fingerprint density at radius 1 is 1.22 bits per heavy atom. The van der Waals surface area contributed by atoms with Gasteiger partial charge in [0, 0.05) is 17.6 Å². The van der Waals surface area contributed by atoms with E-state index in [1.807, 2.05) is 24.3 Å². The van der Waals surface area contributed by atoms with E-state index in [2.05, 4.69) is 20.8 Å². The minimum absolute atomic E-state index is 0.792. The summed E-state index contributed by atoms with van der Waals surface area (Å²) in [6.45, 7) is 5.87. The highest BCUT2D eigenvalue weighted by molar-refractivity contribution is 9.10. The Hall–Kier alpha value is -0.580. The van der Waals surface area contributed by atoms with Crippen LogP contribution in [0.2, 0.25) is 0 Å². The van der Waals surface area contributed by atoms with E-state index in [-0.39, 0.29) is 0 Å². The molecular weight excluding hydrogens is 294 g/mol. The molecule has 18 heavy (non-hydrogen) atoms. The molecule has 1 saturated heterocycles. The van der Waals surface area contributed by atoms with Crippen molar-refractivity contribution in [2.75, 3.05) is 39.5 Å². The number of benzene rings is 1. The molecule has 1 aliphatic rings. The van der Waals surface area contributed by atoms with Gasteiger partial charge in [0.25, 0.3) is 0 Å². The summed E-state index contributed by atoms with van der Waals surface area (Å²) in [7, 11) is 0. The van der Waals surface area contributed by atoms with Gasteiger partial charge < -0.3 is 9.47 Å². The van der Waals surface area contributed by atoms with Crippen molar-refractivity contribution >= 4 is 15.9 Å². The van der Waals surface area contributed by atoms with Crippen molar-refractivity contribution in [1.29, 1.82) is 0 Å². The molecular formula is C14H20BrNO2. The van der Waals surface area contributed by atoms with Crippen LogP contribution in [0.15, 0.2) is 28.7 Å². The molecule has 1 aromatic rings. The standard InChI is InChI=1S/C14H20BrNO2/c15-13-4-3-5-14(12-13)18-9-2-1-6-16-7-10-17-11-8-16/h3-5,12H,1-2,6-11H2. The van der Waals surface area contributed by atoms with Crippen molar-refractivity contribution in [3.8, 4) is 5.75 Å². The third-order valence-electron chi connectivity index (χ3n) is 3.04. The Bertz CT molecular complexity index is 353. The Balaban J connectivity index is 1.55. The summed E-state index contributed by atoms with van der Waals surface area (Å²) < 4.78 is 12.1. The van der Waals surface area contributed by atoms with Crippen molar-refractivity contribution in [3.05, 3.63) is 28.7 Å². The maximum absolute atomic E-state index is 5.70. The third-order valence-corrected chi connectivity index (χ3v) is 3.53. The topological polar surface area (TPSA) is 21.7 Å². The summed E-state index contributed by atoms with van der Waals surface area (Å²) >= 11 is 3.44. The van der Waals surface area contributed by atoms with Crippen LogP contribution < -0.4 is 4.74 Å². The lowest BCUT2D eigenvalue weighted by Crippen LogP contribution is -2.36. The molecule has 0 aromatic heterocycles. The van der Waals surface area contributed by atoms with E-state index < -0.39 is 0 Å². The van der Waals surface area contributed by atoms with Gasteiger partial charge in [-0.2, -0.15) is 0 Å². The molecule has 0 unspecified atom stereocenters. The fraction of sp³-hybridized carbons (Fsp3) is 0.571. The molecule has 2 rings (SSSR count). The van der Waals surface area contributed by atoms with E-state index in [1.54, 1.807) is 0 Å². The number of nitrogens with zero attached hydrogens (tertiary/aromatic N) is 1. The van der Waals surface area contributed by atoms with Gasteiger partial charge in [0.05, 0.1) is 19.8 Å². The lowest BCUT2D eigenvalue weighted by atomic mass is 10.3. The average Bonchev–Trinajstić information content (AvgIpc) is 2.40. The molecule has 0 radical (unpaired) electrons. The molecule has 3 nitrogen and oxygen atoms in total. The number of hydrogen-bond acceptors (Lipinski definition) is 3. The van der Waals surface area contributed by atoms with Gasteiger partial charge in [-0.15, -0.1) is 0 Å². The minimum Gasteiger partial charge on any atom is -0.494 e. The van der Waals surface area contributed by atoms with Crippen LogP contribution in [0, 0.1) is 0 Å². The molecule has 0 aliphatic carbocycles. The third kappa shape index (κ3) is 4.96. The Morgan fingerprint density at radius 2 is 2.06 bits per heavy atom. The SMILES string of the molecule is Brc1cccc(OCCCCN2CCOCC2)c1. The molecule has 1 aromatic carbocycles. The largest absolute Gasteiger partial charge is 0.494 e. The van der Waals surface area contributed by atoms with E-state index in [9.17, 15) is 0 Å². The number of unbranched alkanes of at least 4 members (excludes halogenated alkanes) is 1. The number of hydrogen-bond donors (Lipinski definition) is 0. The summed E-state index contributed by atoms with van der Waals surface area (Å²) in [5.41, 5.74) is 0. The summed E-state index contributed by atoms with van der Waals surface area (Å²) in [6, 6.07) is 7.99. The van der Waals surface area contributed by atoms with E-state index in [1.165, 1.54) is 6.42 Å². The minimum atomic E-state index is 0.792. The molecule has 1 aliphatic heterocycles. The fourth-order valence-corrected chi connectivity index (χ4v) is 2.39. The van der Waals surface area contributed by atoms with E-state index in [4.69, 9.17) is 9.47 Å². The van der Waals surface area contributed by atoms with Crippen molar-refractivity contribution in [3.63, 3.8) is 0 Å². The van der Waals surface area contributed by atoms with Gasteiger partial charge in [0.1, 0.15) is 5.75 Å². The Morgan fingerprint density at radius 3 is 2.83 bits per heavy atom. The maximum atomic E-state index is 5.70. The normalized spacial score (nSPS) is 16.7. The lowest BCUT2D eigenvalue weighted by Gasteiger charge is -2.26. The fourth-order valence-electron chi connectivity index (χ4n) is 2.01. The van der Waals surface area contributed by atoms with Gasteiger partial charge in [0.15, 0.2) is 0 Å². The van der Waals surface area contributed by atoms with Gasteiger partial charge in [0.2, 0.25) is 0 Å². The predicted molar refractivity (Wildman–Crippen MR) is 76.1 cm³/mol. The summed E-state index contributed by atoms with van der Waals surface area (Å²) in [5, 5.41) is 0. The zero-order chi connectivity index (χ0) is 12.6. The molecule has 1 heterocycles. The molecule has 4 heteroatoms. The lowest BCUT2D eigenvalue weighted by molar-refractivity contribution is 0.0368. The van der Waals surface area contributed by atoms with Gasteiger partial charge in [-0.25, -0.2) is 0 Å². The molecule has 0 amide bonds. The summed E-state index contributed by atoms with van der Waals surface area (Å²) in [4.78, 5) is 2.46. The number of ether oxygens (including phenoxy) is 2. The number of morpholine rings is 1. The van der Waals surface area contributed by atoms with Crippen LogP contribution in [0.3, 0.4) is 0 Å². The molecule has 0 saturated carbocycles. The number of halogens is 1. The Kier molecular flexibility index (Phi) is 5.97. The van der Waals surface area contributed by atoms with Crippen molar-refractivity contribution < 1.29 is 9.47 Å².